The first kappa shape index (κ1) is 14.9. The molecule has 1 fully saturated rings. The Labute approximate surface area is 120 Å². The Hall–Kier alpha value is -1.46. The number of likely N-dealkylation sites (N-methyl/N-ethyl adjacent to an activating group) is 1. The van der Waals surface area contributed by atoms with Gasteiger partial charge >= 0.3 is 0 Å². The topological polar surface area (TPSA) is 62.0 Å². The third-order valence-electron chi connectivity index (χ3n) is 3.77. The normalized spacial score (nSPS) is 17.2. The summed E-state index contributed by atoms with van der Waals surface area (Å²) in [6, 6.07) is 5.09. The number of benzene rings is 1. The highest BCUT2D eigenvalue weighted by atomic mass is 16.5. The molecule has 1 aliphatic rings. The predicted molar refractivity (Wildman–Crippen MR) is 81.2 cm³/mol. The lowest BCUT2D eigenvalue weighted by atomic mass is 10.2. The minimum absolute atomic E-state index is 0.0833. The van der Waals surface area contributed by atoms with Crippen molar-refractivity contribution in [2.24, 2.45) is 0 Å². The molecule has 5 heteroatoms. The van der Waals surface area contributed by atoms with E-state index in [4.69, 9.17) is 10.5 Å². The smallest absolute Gasteiger partial charge is 0.145 e. The number of para-hydroxylation sites is 1. The minimum atomic E-state index is 0.0833. The van der Waals surface area contributed by atoms with E-state index in [1.54, 1.807) is 18.2 Å². The van der Waals surface area contributed by atoms with Gasteiger partial charge in [-0.2, -0.15) is 0 Å². The first-order valence-electron chi connectivity index (χ1n) is 7.28. The molecule has 0 bridgehead atoms. The molecule has 0 aromatic heterocycles. The molecule has 1 aliphatic heterocycles. The Bertz CT molecular complexity index is 418. The van der Waals surface area contributed by atoms with Crippen LogP contribution in [0.25, 0.3) is 0 Å². The molecule has 0 radical (unpaired) electrons. The van der Waals surface area contributed by atoms with Crippen LogP contribution in [-0.2, 0) is 0 Å². The zero-order valence-corrected chi connectivity index (χ0v) is 12.2. The van der Waals surface area contributed by atoms with Crippen molar-refractivity contribution in [2.75, 3.05) is 52.1 Å². The van der Waals surface area contributed by atoms with Gasteiger partial charge in [-0.15, -0.1) is 0 Å². The zero-order valence-electron chi connectivity index (χ0n) is 12.2. The van der Waals surface area contributed by atoms with Gasteiger partial charge in [0.15, 0.2) is 0 Å². The fourth-order valence-corrected chi connectivity index (χ4v) is 2.35. The predicted octanol–water partition coefficient (Wildman–Crippen LogP) is 1.38. The molecule has 0 amide bonds. The number of unbranched alkanes of at least 4 members (excludes halogenated alkanes) is 1. The summed E-state index contributed by atoms with van der Waals surface area (Å²) in [4.78, 5) is 4.87. The zero-order chi connectivity index (χ0) is 14.4. The number of anilines is 1. The third-order valence-corrected chi connectivity index (χ3v) is 3.77. The number of hydrogen-bond donors (Lipinski definition) is 2. The van der Waals surface area contributed by atoms with Crippen LogP contribution in [0.1, 0.15) is 12.8 Å². The number of aromatic hydroxyl groups is 1. The number of rotatable bonds is 6. The van der Waals surface area contributed by atoms with Gasteiger partial charge in [-0.3, -0.25) is 0 Å². The number of piperazine rings is 1. The van der Waals surface area contributed by atoms with E-state index < -0.39 is 0 Å². The molecule has 1 saturated heterocycles. The molecule has 0 spiro atoms. The summed E-state index contributed by atoms with van der Waals surface area (Å²) in [5.74, 6) is 0.657. The summed E-state index contributed by atoms with van der Waals surface area (Å²) < 4.78 is 5.61. The van der Waals surface area contributed by atoms with Crippen LogP contribution in [0.15, 0.2) is 18.2 Å². The van der Waals surface area contributed by atoms with Gasteiger partial charge in [0.25, 0.3) is 0 Å². The fraction of sp³-hybridized carbons (Fsp3) is 0.600. The summed E-state index contributed by atoms with van der Waals surface area (Å²) in [5.41, 5.74) is 6.06. The van der Waals surface area contributed by atoms with Crippen molar-refractivity contribution in [1.82, 2.24) is 9.80 Å². The van der Waals surface area contributed by atoms with Gasteiger partial charge in [-0.05, 0) is 38.6 Å². The monoisotopic (exact) mass is 279 g/mol. The van der Waals surface area contributed by atoms with E-state index in [0.29, 0.717) is 18.0 Å². The SMILES string of the molecule is CN1CCN(CCCCOc2cccc(O)c2N)CC1. The Morgan fingerprint density at radius 1 is 1.20 bits per heavy atom. The van der Waals surface area contributed by atoms with Crippen molar-refractivity contribution < 1.29 is 9.84 Å². The molecule has 0 saturated carbocycles. The van der Waals surface area contributed by atoms with Gasteiger partial charge in [0, 0.05) is 26.2 Å². The molecule has 0 atom stereocenters. The maximum absolute atomic E-state index is 9.48. The van der Waals surface area contributed by atoms with Crippen molar-refractivity contribution in [3.8, 4) is 11.5 Å². The molecule has 1 aromatic carbocycles. The molecule has 0 aliphatic carbocycles. The summed E-state index contributed by atoms with van der Waals surface area (Å²) in [5, 5.41) is 9.48. The van der Waals surface area contributed by atoms with Crippen LogP contribution in [0.3, 0.4) is 0 Å². The van der Waals surface area contributed by atoms with Gasteiger partial charge < -0.3 is 25.4 Å². The Morgan fingerprint density at radius 2 is 1.95 bits per heavy atom. The summed E-state index contributed by atoms with van der Waals surface area (Å²) in [6.07, 6.45) is 2.13. The van der Waals surface area contributed by atoms with Gasteiger partial charge in [0.05, 0.1) is 6.61 Å². The maximum atomic E-state index is 9.48. The molecule has 112 valence electrons. The third kappa shape index (κ3) is 4.28. The van der Waals surface area contributed by atoms with Gasteiger partial charge in [0.2, 0.25) is 0 Å². The van der Waals surface area contributed by atoms with E-state index >= 15 is 0 Å². The summed E-state index contributed by atoms with van der Waals surface area (Å²) in [7, 11) is 2.17. The van der Waals surface area contributed by atoms with Crippen LogP contribution in [0.5, 0.6) is 11.5 Å². The molecular weight excluding hydrogens is 254 g/mol. The lowest BCUT2D eigenvalue weighted by Gasteiger charge is -2.32. The quantitative estimate of drug-likeness (QED) is 0.468. The molecule has 1 heterocycles. The Morgan fingerprint density at radius 3 is 2.70 bits per heavy atom. The second kappa shape index (κ2) is 7.36. The van der Waals surface area contributed by atoms with Gasteiger partial charge in [-0.25, -0.2) is 0 Å². The maximum Gasteiger partial charge on any atom is 0.145 e. The fourth-order valence-electron chi connectivity index (χ4n) is 2.35. The first-order chi connectivity index (χ1) is 9.66. The van der Waals surface area contributed by atoms with E-state index in [9.17, 15) is 5.11 Å². The lowest BCUT2D eigenvalue weighted by molar-refractivity contribution is 0.150. The number of phenolic OH excluding ortho intramolecular Hbond substituents is 1. The van der Waals surface area contributed by atoms with Crippen LogP contribution in [0, 0.1) is 0 Å². The Kier molecular flexibility index (Phi) is 5.49. The van der Waals surface area contributed by atoms with Crippen LogP contribution in [0.4, 0.5) is 5.69 Å². The summed E-state index contributed by atoms with van der Waals surface area (Å²) >= 11 is 0. The standard InChI is InChI=1S/C15H25N3O2/c1-17-8-10-18(11-9-17)7-2-3-12-20-14-6-4-5-13(19)15(14)16/h4-6,19H,2-3,7-12,16H2,1H3. The number of nitrogens with two attached hydrogens (primary N) is 1. The van der Waals surface area contributed by atoms with E-state index in [1.807, 2.05) is 0 Å². The highest BCUT2D eigenvalue weighted by Gasteiger charge is 2.12. The highest BCUT2D eigenvalue weighted by molar-refractivity contribution is 5.61. The van der Waals surface area contributed by atoms with Crippen LogP contribution < -0.4 is 10.5 Å². The largest absolute Gasteiger partial charge is 0.506 e. The minimum Gasteiger partial charge on any atom is -0.506 e. The average Bonchev–Trinajstić information content (AvgIpc) is 2.45. The summed E-state index contributed by atoms with van der Waals surface area (Å²) in [6.45, 7) is 6.43. The van der Waals surface area contributed by atoms with Crippen LogP contribution in [0.2, 0.25) is 0 Å². The van der Waals surface area contributed by atoms with E-state index in [1.165, 1.54) is 0 Å². The number of phenols is 1. The molecule has 5 nitrogen and oxygen atoms in total. The van der Waals surface area contributed by atoms with Gasteiger partial charge in [0.1, 0.15) is 17.2 Å². The number of hydrogen-bond acceptors (Lipinski definition) is 5. The van der Waals surface area contributed by atoms with Crippen LogP contribution >= 0.6 is 0 Å². The van der Waals surface area contributed by atoms with E-state index in [0.717, 1.165) is 45.6 Å². The highest BCUT2D eigenvalue weighted by Crippen LogP contribution is 2.29. The molecule has 2 rings (SSSR count). The van der Waals surface area contributed by atoms with E-state index in [2.05, 4.69) is 16.8 Å². The van der Waals surface area contributed by atoms with Crippen LogP contribution in [-0.4, -0.2) is 61.3 Å². The molecular formula is C15H25N3O2. The van der Waals surface area contributed by atoms with Crippen molar-refractivity contribution in [3.63, 3.8) is 0 Å². The number of nitrogen functional groups attached to an aromatic ring is 1. The van der Waals surface area contributed by atoms with Gasteiger partial charge in [-0.1, -0.05) is 6.07 Å². The molecule has 3 N–H and O–H groups in total. The number of nitrogens with zero attached hydrogens (tertiary/aromatic N) is 2. The van der Waals surface area contributed by atoms with Crippen molar-refractivity contribution >= 4 is 5.69 Å². The first-order valence-corrected chi connectivity index (χ1v) is 7.28. The number of ether oxygens (including phenoxy) is 1. The Balaban J connectivity index is 1.61. The average molecular weight is 279 g/mol. The molecule has 0 unspecified atom stereocenters. The van der Waals surface area contributed by atoms with Crippen molar-refractivity contribution in [1.29, 1.82) is 0 Å². The van der Waals surface area contributed by atoms with Crippen molar-refractivity contribution in [2.45, 2.75) is 12.8 Å². The molecule has 20 heavy (non-hydrogen) atoms. The second-order valence-corrected chi connectivity index (χ2v) is 5.39. The molecule has 1 aromatic rings. The second-order valence-electron chi connectivity index (χ2n) is 5.39. The lowest BCUT2D eigenvalue weighted by Crippen LogP contribution is -2.44. The van der Waals surface area contributed by atoms with E-state index in [-0.39, 0.29) is 5.75 Å². The van der Waals surface area contributed by atoms with Crippen molar-refractivity contribution in [3.05, 3.63) is 18.2 Å².